The number of hydrogen-bond donors (Lipinski definition) is 2. The lowest BCUT2D eigenvalue weighted by Crippen LogP contribution is -2.33. The highest BCUT2D eigenvalue weighted by Crippen LogP contribution is 2.32. The van der Waals surface area contributed by atoms with Gasteiger partial charge in [-0.05, 0) is 31.4 Å². The molecule has 5 nitrogen and oxygen atoms in total. The van der Waals surface area contributed by atoms with Gasteiger partial charge in [-0.1, -0.05) is 6.07 Å². The van der Waals surface area contributed by atoms with Crippen LogP contribution in [0.4, 0.5) is 18.9 Å². The fraction of sp³-hybridized carbons (Fsp3) is 0.538. The second-order valence-corrected chi connectivity index (χ2v) is 6.85. The van der Waals surface area contributed by atoms with Gasteiger partial charge >= 0.3 is 6.18 Å². The fourth-order valence-electron chi connectivity index (χ4n) is 2.26. The Morgan fingerprint density at radius 2 is 2.05 bits per heavy atom. The lowest BCUT2D eigenvalue weighted by molar-refractivity contribution is -0.121. The maximum atomic E-state index is 12.1. The zero-order chi connectivity index (χ0) is 16.4. The van der Waals surface area contributed by atoms with Crippen molar-refractivity contribution in [1.29, 1.82) is 0 Å². The van der Waals surface area contributed by atoms with Gasteiger partial charge in [0.2, 0.25) is 10.0 Å². The van der Waals surface area contributed by atoms with E-state index in [4.69, 9.17) is 10.5 Å². The summed E-state index contributed by atoms with van der Waals surface area (Å²) in [5.41, 5.74) is 6.69. The van der Waals surface area contributed by atoms with Gasteiger partial charge in [-0.2, -0.15) is 13.2 Å². The molecule has 1 heterocycles. The fourth-order valence-corrected chi connectivity index (χ4v) is 3.31. The van der Waals surface area contributed by atoms with E-state index in [0.29, 0.717) is 12.2 Å². The molecule has 0 spiro atoms. The summed E-state index contributed by atoms with van der Waals surface area (Å²) in [6.07, 6.45) is -2.09. The molecule has 1 aromatic rings. The molecule has 1 aliphatic rings. The third-order valence-corrected chi connectivity index (χ3v) is 4.76. The molecule has 3 N–H and O–H groups in total. The van der Waals surface area contributed by atoms with E-state index in [1.54, 1.807) is 0 Å². The first-order valence-electron chi connectivity index (χ1n) is 6.76. The van der Waals surface area contributed by atoms with Crippen LogP contribution < -0.4 is 10.5 Å². The summed E-state index contributed by atoms with van der Waals surface area (Å²) < 4.78 is 67.1. The number of halogens is 3. The van der Waals surface area contributed by atoms with Crippen LogP contribution in [-0.4, -0.2) is 27.7 Å². The molecule has 1 aliphatic heterocycles. The molecule has 1 fully saturated rings. The Morgan fingerprint density at radius 3 is 2.59 bits per heavy atom. The molecule has 9 heteroatoms. The van der Waals surface area contributed by atoms with Gasteiger partial charge in [0.25, 0.3) is 0 Å². The van der Waals surface area contributed by atoms with Gasteiger partial charge in [0.1, 0.15) is 6.54 Å². The van der Waals surface area contributed by atoms with Crippen molar-refractivity contribution in [2.75, 3.05) is 18.9 Å². The topological polar surface area (TPSA) is 81.4 Å². The van der Waals surface area contributed by atoms with Crippen LogP contribution in [0.25, 0.3) is 0 Å². The molecule has 0 saturated carbocycles. The van der Waals surface area contributed by atoms with Crippen LogP contribution in [0.5, 0.6) is 0 Å². The molecule has 0 bridgehead atoms. The molecule has 0 amide bonds. The van der Waals surface area contributed by atoms with E-state index in [0.717, 1.165) is 25.3 Å². The number of anilines is 1. The Morgan fingerprint density at radius 1 is 1.32 bits per heavy atom. The van der Waals surface area contributed by atoms with Crippen molar-refractivity contribution in [3.05, 3.63) is 23.8 Å². The normalized spacial score (nSPS) is 20.0. The lowest BCUT2D eigenvalue weighted by Gasteiger charge is -2.24. The van der Waals surface area contributed by atoms with Gasteiger partial charge in [-0.15, -0.1) is 0 Å². The van der Waals surface area contributed by atoms with Crippen LogP contribution in [0.3, 0.4) is 0 Å². The number of alkyl halides is 3. The zero-order valence-corrected chi connectivity index (χ0v) is 12.5. The van der Waals surface area contributed by atoms with Gasteiger partial charge in [0, 0.05) is 17.9 Å². The summed E-state index contributed by atoms with van der Waals surface area (Å²) in [6, 6.07) is 3.89. The SMILES string of the molecule is Nc1cc(S(=O)(=O)NCC(F)(F)F)ccc1C1CCCCO1. The molecule has 1 aromatic carbocycles. The molecule has 0 radical (unpaired) electrons. The standard InChI is InChI=1S/C13H17F3N2O3S/c14-13(15,16)8-18-22(19,20)9-4-5-10(11(17)7-9)12-3-1-2-6-21-12/h4-5,7,12,18H,1-3,6,8,17H2. The quantitative estimate of drug-likeness (QED) is 0.826. The third kappa shape index (κ3) is 4.34. The van der Waals surface area contributed by atoms with E-state index in [-0.39, 0.29) is 16.7 Å². The minimum absolute atomic E-state index is 0.196. The second-order valence-electron chi connectivity index (χ2n) is 5.09. The van der Waals surface area contributed by atoms with E-state index in [1.807, 2.05) is 0 Å². The molecule has 2 rings (SSSR count). The Kier molecular flexibility index (Phi) is 4.98. The summed E-state index contributed by atoms with van der Waals surface area (Å²) in [5, 5.41) is 0. The maximum absolute atomic E-state index is 12.1. The first-order valence-corrected chi connectivity index (χ1v) is 8.25. The van der Waals surface area contributed by atoms with Crippen molar-refractivity contribution < 1.29 is 26.3 Å². The van der Waals surface area contributed by atoms with E-state index in [1.165, 1.54) is 16.9 Å². The first kappa shape index (κ1) is 17.0. The number of nitrogen functional groups attached to an aromatic ring is 1. The summed E-state index contributed by atoms with van der Waals surface area (Å²) in [6.45, 7) is -1.01. The van der Waals surface area contributed by atoms with Crippen molar-refractivity contribution in [1.82, 2.24) is 4.72 Å². The lowest BCUT2D eigenvalue weighted by atomic mass is 10.00. The predicted molar refractivity (Wildman–Crippen MR) is 74.6 cm³/mol. The van der Waals surface area contributed by atoms with Gasteiger partial charge in [-0.3, -0.25) is 0 Å². The van der Waals surface area contributed by atoms with E-state index in [2.05, 4.69) is 0 Å². The highest BCUT2D eigenvalue weighted by atomic mass is 32.2. The van der Waals surface area contributed by atoms with Crippen LogP contribution >= 0.6 is 0 Å². The molecule has 124 valence electrons. The molecule has 1 atom stereocenters. The Labute approximate surface area is 126 Å². The Hall–Kier alpha value is -1.32. The summed E-state index contributed by atoms with van der Waals surface area (Å²) in [4.78, 5) is -0.297. The summed E-state index contributed by atoms with van der Waals surface area (Å²) in [7, 11) is -4.25. The number of nitrogens with two attached hydrogens (primary N) is 1. The molecule has 1 saturated heterocycles. The highest BCUT2D eigenvalue weighted by Gasteiger charge is 2.30. The van der Waals surface area contributed by atoms with Crippen molar-refractivity contribution >= 4 is 15.7 Å². The second kappa shape index (κ2) is 6.43. The number of ether oxygens (including phenoxy) is 1. The van der Waals surface area contributed by atoms with Gasteiger partial charge < -0.3 is 10.5 Å². The van der Waals surface area contributed by atoms with Crippen LogP contribution in [0.15, 0.2) is 23.1 Å². The maximum Gasteiger partial charge on any atom is 0.402 e. The van der Waals surface area contributed by atoms with Gasteiger partial charge in [0.15, 0.2) is 0 Å². The number of nitrogens with one attached hydrogen (secondary N) is 1. The molecule has 1 unspecified atom stereocenters. The average Bonchev–Trinajstić information content (AvgIpc) is 2.45. The van der Waals surface area contributed by atoms with Gasteiger partial charge in [0.05, 0.1) is 11.0 Å². The Bertz CT molecular complexity index is 626. The van der Waals surface area contributed by atoms with Crippen LogP contribution in [0, 0.1) is 0 Å². The first-order chi connectivity index (χ1) is 10.2. The minimum atomic E-state index is -4.62. The molecule has 0 aromatic heterocycles. The highest BCUT2D eigenvalue weighted by molar-refractivity contribution is 7.89. The van der Waals surface area contributed by atoms with Crippen LogP contribution in [-0.2, 0) is 14.8 Å². The van der Waals surface area contributed by atoms with Crippen molar-refractivity contribution in [3.8, 4) is 0 Å². The monoisotopic (exact) mass is 338 g/mol. The molecule has 0 aliphatic carbocycles. The summed E-state index contributed by atoms with van der Waals surface area (Å²) >= 11 is 0. The largest absolute Gasteiger partial charge is 0.402 e. The van der Waals surface area contributed by atoms with Crippen molar-refractivity contribution in [2.45, 2.75) is 36.4 Å². The average molecular weight is 338 g/mol. The number of hydrogen-bond acceptors (Lipinski definition) is 4. The number of rotatable bonds is 4. The predicted octanol–water partition coefficient (Wildman–Crippen LogP) is 2.35. The molecular formula is C13H17F3N2O3S. The van der Waals surface area contributed by atoms with E-state index >= 15 is 0 Å². The third-order valence-electron chi connectivity index (χ3n) is 3.36. The Balaban J connectivity index is 2.17. The zero-order valence-electron chi connectivity index (χ0n) is 11.7. The van der Waals surface area contributed by atoms with Crippen molar-refractivity contribution in [3.63, 3.8) is 0 Å². The molecular weight excluding hydrogens is 321 g/mol. The van der Waals surface area contributed by atoms with E-state index < -0.39 is 22.7 Å². The van der Waals surface area contributed by atoms with Crippen LogP contribution in [0.2, 0.25) is 0 Å². The number of sulfonamides is 1. The minimum Gasteiger partial charge on any atom is -0.398 e. The van der Waals surface area contributed by atoms with E-state index in [9.17, 15) is 21.6 Å². The smallest absolute Gasteiger partial charge is 0.398 e. The van der Waals surface area contributed by atoms with Crippen LogP contribution in [0.1, 0.15) is 30.9 Å². The number of benzene rings is 1. The van der Waals surface area contributed by atoms with Gasteiger partial charge in [-0.25, -0.2) is 13.1 Å². The van der Waals surface area contributed by atoms with Crippen molar-refractivity contribution in [2.24, 2.45) is 0 Å². The summed E-state index contributed by atoms with van der Waals surface area (Å²) in [5.74, 6) is 0. The molecule has 22 heavy (non-hydrogen) atoms.